The molecule has 0 saturated carbocycles. The van der Waals surface area contributed by atoms with E-state index >= 15 is 0 Å². The lowest BCUT2D eigenvalue weighted by Gasteiger charge is -2.10. The van der Waals surface area contributed by atoms with Crippen LogP contribution in [0.2, 0.25) is 0 Å². The number of amides is 1. The normalized spacial score (nSPS) is 16.3. The predicted molar refractivity (Wildman–Crippen MR) is 102 cm³/mol. The highest BCUT2D eigenvalue weighted by Crippen LogP contribution is 2.28. The van der Waals surface area contributed by atoms with E-state index in [0.717, 1.165) is 18.5 Å². The zero-order chi connectivity index (χ0) is 18.7. The smallest absolute Gasteiger partial charge is 0.251 e. The highest BCUT2D eigenvalue weighted by Gasteiger charge is 2.21. The van der Waals surface area contributed by atoms with Gasteiger partial charge in [0.1, 0.15) is 0 Å². The van der Waals surface area contributed by atoms with Crippen molar-refractivity contribution >= 4 is 15.7 Å². The second-order valence-corrected chi connectivity index (χ2v) is 8.76. The summed E-state index contributed by atoms with van der Waals surface area (Å²) in [6.45, 7) is 4.92. The molecule has 2 aromatic carbocycles. The van der Waals surface area contributed by atoms with Crippen LogP contribution in [-0.4, -0.2) is 20.1 Å². The molecule has 0 radical (unpaired) electrons. The summed E-state index contributed by atoms with van der Waals surface area (Å²) in [7, 11) is -3.20. The number of hydrogen-bond acceptors (Lipinski definition) is 4. The van der Waals surface area contributed by atoms with Gasteiger partial charge in [-0.1, -0.05) is 32.0 Å². The lowest BCUT2D eigenvalue weighted by Crippen LogP contribution is -2.23. The van der Waals surface area contributed by atoms with Gasteiger partial charge in [-0.2, -0.15) is 0 Å². The van der Waals surface area contributed by atoms with Crippen molar-refractivity contribution in [1.82, 2.24) is 10.6 Å². The van der Waals surface area contributed by atoms with Crippen molar-refractivity contribution in [2.75, 3.05) is 5.75 Å². The molecule has 0 aromatic heterocycles. The van der Waals surface area contributed by atoms with E-state index in [0.29, 0.717) is 23.0 Å². The van der Waals surface area contributed by atoms with E-state index in [9.17, 15) is 13.2 Å². The number of carbonyl (C=O) groups excluding carboxylic acids is 1. The fourth-order valence-corrected chi connectivity index (χ4v) is 4.10. The van der Waals surface area contributed by atoms with Crippen molar-refractivity contribution in [1.29, 1.82) is 0 Å². The minimum absolute atomic E-state index is 0.0785. The first-order valence-electron chi connectivity index (χ1n) is 8.90. The third kappa shape index (κ3) is 3.81. The van der Waals surface area contributed by atoms with Gasteiger partial charge in [0.15, 0.2) is 9.84 Å². The van der Waals surface area contributed by atoms with E-state index in [1.807, 2.05) is 18.2 Å². The van der Waals surface area contributed by atoms with E-state index in [4.69, 9.17) is 0 Å². The zero-order valence-corrected chi connectivity index (χ0v) is 15.9. The molecular formula is C20H24N2O3S. The number of sulfone groups is 1. The first kappa shape index (κ1) is 18.6. The molecular weight excluding hydrogens is 348 g/mol. The van der Waals surface area contributed by atoms with Gasteiger partial charge in [0.05, 0.1) is 10.6 Å². The van der Waals surface area contributed by atoms with Gasteiger partial charge >= 0.3 is 0 Å². The predicted octanol–water partition coefficient (Wildman–Crippen LogP) is 2.96. The summed E-state index contributed by atoms with van der Waals surface area (Å²) >= 11 is 0. The lowest BCUT2D eigenvalue weighted by atomic mass is 10.0. The number of benzene rings is 2. The summed E-state index contributed by atoms with van der Waals surface area (Å²) in [4.78, 5) is 12.7. The average Bonchev–Trinajstić information content (AvgIpc) is 3.08. The van der Waals surface area contributed by atoms with Crippen LogP contribution in [-0.2, 0) is 22.9 Å². The molecule has 0 spiro atoms. The molecule has 2 aromatic rings. The van der Waals surface area contributed by atoms with Gasteiger partial charge in [-0.15, -0.1) is 0 Å². The summed E-state index contributed by atoms with van der Waals surface area (Å²) < 4.78 is 23.7. The van der Waals surface area contributed by atoms with Crippen LogP contribution in [0.4, 0.5) is 0 Å². The molecule has 2 N–H and O–H groups in total. The maximum absolute atomic E-state index is 12.4. The highest BCUT2D eigenvalue weighted by atomic mass is 32.2. The van der Waals surface area contributed by atoms with Crippen molar-refractivity contribution in [3.63, 3.8) is 0 Å². The Hall–Kier alpha value is -2.18. The van der Waals surface area contributed by atoms with Crippen molar-refractivity contribution < 1.29 is 13.2 Å². The van der Waals surface area contributed by atoms with Crippen molar-refractivity contribution in [2.45, 2.75) is 44.3 Å². The number of hydrogen-bond donors (Lipinski definition) is 2. The molecule has 0 fully saturated rings. The Morgan fingerprint density at radius 2 is 1.88 bits per heavy atom. The fraction of sp³-hybridized carbons (Fsp3) is 0.350. The topological polar surface area (TPSA) is 75.3 Å². The first-order chi connectivity index (χ1) is 12.4. The second-order valence-electron chi connectivity index (χ2n) is 6.49. The van der Waals surface area contributed by atoms with Gasteiger partial charge in [0.2, 0.25) is 0 Å². The van der Waals surface area contributed by atoms with Gasteiger partial charge in [0.25, 0.3) is 5.91 Å². The van der Waals surface area contributed by atoms with E-state index in [2.05, 4.69) is 17.6 Å². The van der Waals surface area contributed by atoms with Gasteiger partial charge in [-0.3, -0.25) is 4.79 Å². The van der Waals surface area contributed by atoms with Crippen LogP contribution in [0, 0.1) is 0 Å². The zero-order valence-electron chi connectivity index (χ0n) is 15.1. The minimum atomic E-state index is -3.20. The molecule has 1 aliphatic heterocycles. The van der Waals surface area contributed by atoms with Crippen LogP contribution >= 0.6 is 0 Å². The van der Waals surface area contributed by atoms with Crippen LogP contribution in [0.3, 0.4) is 0 Å². The molecule has 26 heavy (non-hydrogen) atoms. The Bertz CT molecular complexity index is 905. The molecule has 0 saturated heterocycles. The Balaban J connectivity index is 1.64. The molecule has 1 amide bonds. The van der Waals surface area contributed by atoms with Crippen molar-refractivity contribution in [3.05, 3.63) is 64.7 Å². The maximum atomic E-state index is 12.4. The third-order valence-corrected chi connectivity index (χ3v) is 6.59. The number of rotatable bonds is 6. The molecule has 3 rings (SSSR count). The second kappa shape index (κ2) is 7.60. The Morgan fingerprint density at radius 1 is 1.15 bits per heavy atom. The van der Waals surface area contributed by atoms with Crippen LogP contribution < -0.4 is 10.6 Å². The van der Waals surface area contributed by atoms with Crippen molar-refractivity contribution in [2.24, 2.45) is 0 Å². The minimum Gasteiger partial charge on any atom is -0.348 e. The van der Waals surface area contributed by atoms with Crippen LogP contribution in [0.5, 0.6) is 0 Å². The number of nitrogens with one attached hydrogen (secondary N) is 2. The fourth-order valence-electron chi connectivity index (χ4n) is 3.21. The Labute approximate surface area is 154 Å². The molecule has 6 heteroatoms. The largest absolute Gasteiger partial charge is 0.348 e. The molecule has 1 aliphatic rings. The Kier molecular flexibility index (Phi) is 5.44. The van der Waals surface area contributed by atoms with Crippen LogP contribution in [0.1, 0.15) is 53.4 Å². The molecule has 1 heterocycles. The third-order valence-electron chi connectivity index (χ3n) is 4.84. The molecule has 5 nitrogen and oxygen atoms in total. The van der Waals surface area contributed by atoms with Crippen LogP contribution in [0.15, 0.2) is 47.4 Å². The van der Waals surface area contributed by atoms with Crippen molar-refractivity contribution in [3.8, 4) is 0 Å². The quantitative estimate of drug-likeness (QED) is 0.817. The van der Waals surface area contributed by atoms with E-state index in [-0.39, 0.29) is 11.7 Å². The van der Waals surface area contributed by atoms with Crippen LogP contribution in [0.25, 0.3) is 0 Å². The molecule has 138 valence electrons. The molecule has 1 atom stereocenters. The van der Waals surface area contributed by atoms with E-state index in [1.165, 1.54) is 11.1 Å². The maximum Gasteiger partial charge on any atom is 0.251 e. The average molecular weight is 372 g/mol. The first-order valence-corrected chi connectivity index (χ1v) is 10.6. The van der Waals surface area contributed by atoms with Gasteiger partial charge < -0.3 is 10.6 Å². The summed E-state index contributed by atoms with van der Waals surface area (Å²) in [5.41, 5.74) is 3.96. The van der Waals surface area contributed by atoms with Gasteiger partial charge in [-0.25, -0.2) is 8.42 Å². The van der Waals surface area contributed by atoms with Gasteiger partial charge in [0, 0.05) is 24.7 Å². The number of fused-ring (bicyclic) bond motifs is 1. The summed E-state index contributed by atoms with van der Waals surface area (Å²) in [6, 6.07) is 12.9. The molecule has 0 bridgehead atoms. The molecule has 0 unspecified atom stereocenters. The highest BCUT2D eigenvalue weighted by molar-refractivity contribution is 7.91. The molecule has 0 aliphatic carbocycles. The Morgan fingerprint density at radius 3 is 2.54 bits per heavy atom. The summed E-state index contributed by atoms with van der Waals surface area (Å²) in [5, 5.41) is 6.33. The van der Waals surface area contributed by atoms with E-state index < -0.39 is 9.84 Å². The SMILES string of the molecule is CC[C@@H]1NCc2cc(C(=O)NCc3ccc(S(=O)(=O)CC)cc3)ccc21. The number of carbonyl (C=O) groups is 1. The van der Waals surface area contributed by atoms with E-state index in [1.54, 1.807) is 31.2 Å². The standard InChI is InChI=1S/C20H24N2O3S/c1-3-19-18-10-7-15(11-16(18)13-21-19)20(23)22-12-14-5-8-17(9-6-14)26(24,25)4-2/h5-11,19,21H,3-4,12-13H2,1-2H3,(H,22,23)/t19-/m0/s1. The summed E-state index contributed by atoms with van der Waals surface area (Å²) in [6.07, 6.45) is 1.03. The summed E-state index contributed by atoms with van der Waals surface area (Å²) in [5.74, 6) is -0.0483. The lowest BCUT2D eigenvalue weighted by molar-refractivity contribution is 0.0951. The van der Waals surface area contributed by atoms with Gasteiger partial charge in [-0.05, 0) is 47.4 Å². The monoisotopic (exact) mass is 372 g/mol.